The van der Waals surface area contributed by atoms with E-state index >= 15 is 0 Å². The van der Waals surface area contributed by atoms with Crippen molar-refractivity contribution in [2.45, 2.75) is 20.6 Å². The van der Waals surface area contributed by atoms with E-state index in [0.29, 0.717) is 0 Å². The van der Waals surface area contributed by atoms with Gasteiger partial charge in [-0.3, -0.25) is 0 Å². The molecule has 2 heterocycles. The van der Waals surface area contributed by atoms with Crippen molar-refractivity contribution in [3.05, 3.63) is 293 Å². The van der Waals surface area contributed by atoms with Gasteiger partial charge in [-0.05, 0) is 138 Å². The Kier molecular flexibility index (Phi) is 8.17. The van der Waals surface area contributed by atoms with E-state index in [2.05, 4.69) is 254 Å². The van der Waals surface area contributed by atoms with E-state index in [0.717, 1.165) is 28.6 Å². The number of rotatable bonds is 4. The predicted octanol–water partition coefficient (Wildman–Crippen LogP) is 17.3. The van der Waals surface area contributed by atoms with E-state index < -0.39 is 10.8 Å². The molecule has 0 aromatic heterocycles. The van der Waals surface area contributed by atoms with Crippen LogP contribution in [0.3, 0.4) is 0 Å². The highest BCUT2D eigenvalue weighted by molar-refractivity contribution is 7.99. The summed E-state index contributed by atoms with van der Waals surface area (Å²) in [6.45, 7) is 0. The van der Waals surface area contributed by atoms with Gasteiger partial charge in [0.05, 0.1) is 10.8 Å². The summed E-state index contributed by atoms with van der Waals surface area (Å²) < 4.78 is 6.68. The standard InChI is InChI=1S/C66H41NOS/c1-2-18-47-42(16-1)17-15-21-48(47)43-32-34-44(35-33-43)67(45-37-39-55-52(40-45)50-20-4-6-23-54(50)65(55)56-24-7-11-28-61(56)68-62-29-12-8-25-57(62)65)46-36-38-51-49-19-3-5-22-53(49)66(60(51)41-46)58-26-9-13-30-63(58)69-64-31-14-10-27-59(64)66/h1-41H. The molecule has 322 valence electrons. The largest absolute Gasteiger partial charge is 0.457 e. The first kappa shape index (κ1) is 38.7. The molecule has 0 amide bonds. The molecule has 0 unspecified atom stereocenters. The average molecular weight is 896 g/mol. The number of anilines is 3. The lowest BCUT2D eigenvalue weighted by molar-refractivity contribution is 0.436. The quantitative estimate of drug-likeness (QED) is 0.175. The lowest BCUT2D eigenvalue weighted by Gasteiger charge is -2.40. The van der Waals surface area contributed by atoms with Gasteiger partial charge in [-0.2, -0.15) is 0 Å². The van der Waals surface area contributed by atoms with Gasteiger partial charge in [0.25, 0.3) is 0 Å². The highest BCUT2D eigenvalue weighted by atomic mass is 32.2. The van der Waals surface area contributed by atoms with Gasteiger partial charge >= 0.3 is 0 Å². The van der Waals surface area contributed by atoms with E-state index in [1.54, 1.807) is 0 Å². The summed E-state index contributed by atoms with van der Waals surface area (Å²) in [5.41, 5.74) is 19.9. The second-order valence-electron chi connectivity index (χ2n) is 18.6. The van der Waals surface area contributed by atoms with Gasteiger partial charge in [0.15, 0.2) is 0 Å². The molecule has 2 aliphatic heterocycles. The van der Waals surface area contributed by atoms with E-state index in [9.17, 15) is 0 Å². The maximum Gasteiger partial charge on any atom is 0.132 e. The third-order valence-electron chi connectivity index (χ3n) is 15.4. The van der Waals surface area contributed by atoms with Crippen LogP contribution in [0.5, 0.6) is 11.5 Å². The summed E-state index contributed by atoms with van der Waals surface area (Å²) in [6, 6.07) is 92.4. The smallest absolute Gasteiger partial charge is 0.132 e. The minimum atomic E-state index is -0.549. The molecule has 15 rings (SSSR count). The van der Waals surface area contributed by atoms with Crippen LogP contribution in [0.2, 0.25) is 0 Å². The SMILES string of the molecule is c1ccc2c(c1)Oc1ccccc1C21c2ccccc2-c2cc(N(c3ccc(-c4cccc5ccccc45)cc3)c3ccc4c(c3)C3(c5ccccc5Sc5ccccc53)c3ccccc3-4)ccc21. The van der Waals surface area contributed by atoms with Crippen LogP contribution in [-0.4, -0.2) is 0 Å². The van der Waals surface area contributed by atoms with Crippen LogP contribution in [0.1, 0.15) is 44.5 Å². The van der Waals surface area contributed by atoms with Crippen LogP contribution in [0, 0.1) is 0 Å². The number of hydrogen-bond acceptors (Lipinski definition) is 3. The normalized spacial score (nSPS) is 14.4. The summed E-state index contributed by atoms with van der Waals surface area (Å²) in [5.74, 6) is 1.79. The molecule has 4 aliphatic rings. The van der Waals surface area contributed by atoms with E-state index in [4.69, 9.17) is 4.74 Å². The maximum atomic E-state index is 6.68. The number of hydrogen-bond donors (Lipinski definition) is 0. The maximum absolute atomic E-state index is 6.68. The molecule has 0 N–H and O–H groups in total. The van der Waals surface area contributed by atoms with Gasteiger partial charge in [-0.1, -0.05) is 200 Å². The number of fused-ring (bicyclic) bond motifs is 19. The zero-order valence-electron chi connectivity index (χ0n) is 37.4. The fourth-order valence-corrected chi connectivity index (χ4v) is 13.9. The fraction of sp³-hybridized carbons (Fsp3) is 0.0303. The first-order chi connectivity index (χ1) is 34.2. The molecule has 0 radical (unpaired) electrons. The monoisotopic (exact) mass is 895 g/mol. The van der Waals surface area contributed by atoms with Crippen LogP contribution in [0.25, 0.3) is 44.2 Å². The molecule has 0 fully saturated rings. The number of nitrogens with zero attached hydrogens (tertiary/aromatic N) is 1. The minimum absolute atomic E-state index is 0.503. The second-order valence-corrected chi connectivity index (χ2v) is 19.7. The van der Waals surface area contributed by atoms with Crippen molar-refractivity contribution in [2.24, 2.45) is 0 Å². The van der Waals surface area contributed by atoms with Crippen molar-refractivity contribution in [1.29, 1.82) is 0 Å². The van der Waals surface area contributed by atoms with Crippen molar-refractivity contribution in [2.75, 3.05) is 4.90 Å². The summed E-state index contributed by atoms with van der Waals surface area (Å²) >= 11 is 1.89. The van der Waals surface area contributed by atoms with Gasteiger partial charge in [0.2, 0.25) is 0 Å². The lowest BCUT2D eigenvalue weighted by atomic mass is 9.66. The molecular formula is C66H41NOS. The Hall–Kier alpha value is -8.37. The Morgan fingerprint density at radius 2 is 0.768 bits per heavy atom. The Balaban J connectivity index is 0.980. The van der Waals surface area contributed by atoms with Crippen molar-refractivity contribution < 1.29 is 4.74 Å². The van der Waals surface area contributed by atoms with Crippen LogP contribution >= 0.6 is 11.8 Å². The highest BCUT2D eigenvalue weighted by Crippen LogP contribution is 2.65. The average Bonchev–Trinajstić information content (AvgIpc) is 3.86. The van der Waals surface area contributed by atoms with Gasteiger partial charge in [0.1, 0.15) is 11.5 Å². The molecule has 0 saturated carbocycles. The first-order valence-corrected chi connectivity index (χ1v) is 24.6. The van der Waals surface area contributed by atoms with Crippen LogP contribution in [0.15, 0.2) is 259 Å². The van der Waals surface area contributed by atoms with Crippen molar-refractivity contribution >= 4 is 39.6 Å². The second kappa shape index (κ2) is 14.6. The minimum Gasteiger partial charge on any atom is -0.457 e. The molecule has 0 saturated heterocycles. The van der Waals surface area contributed by atoms with Crippen molar-refractivity contribution in [1.82, 2.24) is 0 Å². The molecule has 11 aromatic rings. The lowest BCUT2D eigenvalue weighted by Crippen LogP contribution is -2.32. The molecule has 11 aromatic carbocycles. The zero-order chi connectivity index (χ0) is 45.3. The van der Waals surface area contributed by atoms with E-state index in [-0.39, 0.29) is 0 Å². The summed E-state index contributed by atoms with van der Waals surface area (Å²) in [7, 11) is 0. The molecule has 0 bridgehead atoms. The third kappa shape index (κ3) is 5.23. The summed E-state index contributed by atoms with van der Waals surface area (Å²) in [6.07, 6.45) is 0. The topological polar surface area (TPSA) is 12.5 Å². The van der Waals surface area contributed by atoms with Crippen molar-refractivity contribution in [3.8, 4) is 44.9 Å². The molecule has 2 aliphatic carbocycles. The molecule has 3 heteroatoms. The zero-order valence-corrected chi connectivity index (χ0v) is 38.3. The van der Waals surface area contributed by atoms with Crippen LogP contribution in [0.4, 0.5) is 17.1 Å². The first-order valence-electron chi connectivity index (χ1n) is 23.8. The van der Waals surface area contributed by atoms with E-state index in [1.165, 1.54) is 98.5 Å². The number of benzene rings is 11. The summed E-state index contributed by atoms with van der Waals surface area (Å²) in [4.78, 5) is 5.08. The Morgan fingerprint density at radius 3 is 1.46 bits per heavy atom. The molecule has 0 atom stereocenters. The molecule has 2 spiro atoms. The number of para-hydroxylation sites is 2. The highest BCUT2D eigenvalue weighted by Gasteiger charge is 2.52. The Labute approximate surface area is 405 Å². The van der Waals surface area contributed by atoms with Crippen LogP contribution in [-0.2, 0) is 10.8 Å². The fourth-order valence-electron chi connectivity index (χ4n) is 12.7. The Bertz CT molecular complexity index is 3850. The number of ether oxygens (including phenoxy) is 1. The molecule has 69 heavy (non-hydrogen) atoms. The Morgan fingerprint density at radius 1 is 0.304 bits per heavy atom. The van der Waals surface area contributed by atoms with Gasteiger partial charge in [0, 0.05) is 38.0 Å². The van der Waals surface area contributed by atoms with Crippen molar-refractivity contribution in [3.63, 3.8) is 0 Å². The van der Waals surface area contributed by atoms with Gasteiger partial charge < -0.3 is 9.64 Å². The van der Waals surface area contributed by atoms with Crippen LogP contribution < -0.4 is 9.64 Å². The summed E-state index contributed by atoms with van der Waals surface area (Å²) in [5, 5.41) is 2.49. The van der Waals surface area contributed by atoms with Gasteiger partial charge in [-0.15, -0.1) is 0 Å². The van der Waals surface area contributed by atoms with Gasteiger partial charge in [-0.25, -0.2) is 0 Å². The third-order valence-corrected chi connectivity index (χ3v) is 16.6. The molecule has 2 nitrogen and oxygen atoms in total. The molecular weight excluding hydrogens is 855 g/mol. The van der Waals surface area contributed by atoms with E-state index in [1.807, 2.05) is 11.8 Å². The predicted molar refractivity (Wildman–Crippen MR) is 283 cm³/mol.